The second-order valence-corrected chi connectivity index (χ2v) is 4.16. The molecule has 0 bridgehead atoms. The quantitative estimate of drug-likeness (QED) is 0.761. The van der Waals surface area contributed by atoms with Crippen molar-refractivity contribution in [2.75, 3.05) is 7.11 Å². The molecule has 0 fully saturated rings. The first-order valence-corrected chi connectivity index (χ1v) is 5.91. The zero-order valence-electron chi connectivity index (χ0n) is 10.6. The smallest absolute Gasteiger partial charge is 0.339 e. The Morgan fingerprint density at radius 3 is 2.90 bits per heavy atom. The summed E-state index contributed by atoms with van der Waals surface area (Å²) in [4.78, 5) is 22.5. The third-order valence-electron chi connectivity index (χ3n) is 2.99. The first-order chi connectivity index (χ1) is 9.70. The monoisotopic (exact) mass is 269 g/mol. The summed E-state index contributed by atoms with van der Waals surface area (Å²) in [6.07, 6.45) is 2.97. The summed E-state index contributed by atoms with van der Waals surface area (Å²) in [7, 11) is 1.57. The molecule has 100 valence electrons. The van der Waals surface area contributed by atoms with Gasteiger partial charge in [-0.2, -0.15) is 0 Å². The summed E-state index contributed by atoms with van der Waals surface area (Å²) in [5.41, 5.74) is 2.21. The molecule has 1 aromatic carbocycles. The Morgan fingerprint density at radius 2 is 2.15 bits per heavy atom. The highest BCUT2D eigenvalue weighted by atomic mass is 16.5. The summed E-state index contributed by atoms with van der Waals surface area (Å²) < 4.78 is 5.28. The van der Waals surface area contributed by atoms with Crippen molar-refractivity contribution in [1.82, 2.24) is 15.0 Å². The van der Waals surface area contributed by atoms with E-state index in [1.165, 1.54) is 6.20 Å². The Bertz CT molecular complexity index is 795. The second kappa shape index (κ2) is 4.65. The van der Waals surface area contributed by atoms with Crippen LogP contribution in [0.5, 0.6) is 5.75 Å². The third-order valence-corrected chi connectivity index (χ3v) is 2.99. The molecule has 0 radical (unpaired) electrons. The van der Waals surface area contributed by atoms with E-state index in [9.17, 15) is 4.79 Å². The van der Waals surface area contributed by atoms with E-state index in [0.717, 1.165) is 5.56 Å². The maximum absolute atomic E-state index is 11.1. The van der Waals surface area contributed by atoms with Gasteiger partial charge >= 0.3 is 5.97 Å². The number of fused-ring (bicyclic) bond motifs is 1. The molecule has 0 amide bonds. The third kappa shape index (κ3) is 1.87. The molecule has 0 atom stereocenters. The number of carbonyl (C=O) groups is 1. The predicted molar refractivity (Wildman–Crippen MR) is 72.8 cm³/mol. The summed E-state index contributed by atoms with van der Waals surface area (Å²) in [6, 6.07) is 7.38. The van der Waals surface area contributed by atoms with Gasteiger partial charge in [-0.25, -0.2) is 14.8 Å². The van der Waals surface area contributed by atoms with Crippen LogP contribution in [0.3, 0.4) is 0 Å². The van der Waals surface area contributed by atoms with Gasteiger partial charge in [0.1, 0.15) is 16.8 Å². The van der Waals surface area contributed by atoms with Gasteiger partial charge in [0.15, 0.2) is 5.65 Å². The van der Waals surface area contributed by atoms with Gasteiger partial charge in [0, 0.05) is 11.8 Å². The minimum absolute atomic E-state index is 0.101. The minimum atomic E-state index is -1.04. The number of hydrogen-bond acceptors (Lipinski definition) is 4. The number of aromatic carboxylic acids is 1. The SMILES string of the molecule is COc1ccccc1-c1cnc2[nH]cc(C(=O)O)c2n1. The number of rotatable bonds is 3. The lowest BCUT2D eigenvalue weighted by Crippen LogP contribution is -1.97. The number of aromatic nitrogens is 3. The number of ether oxygens (including phenoxy) is 1. The Labute approximate surface area is 114 Å². The fourth-order valence-corrected chi connectivity index (χ4v) is 2.04. The van der Waals surface area contributed by atoms with Gasteiger partial charge in [-0.1, -0.05) is 12.1 Å². The summed E-state index contributed by atoms with van der Waals surface area (Å²) >= 11 is 0. The first-order valence-electron chi connectivity index (χ1n) is 5.91. The van der Waals surface area contributed by atoms with Crippen LogP contribution in [0.1, 0.15) is 10.4 Å². The maximum Gasteiger partial charge on any atom is 0.339 e. The Balaban J connectivity index is 2.22. The zero-order chi connectivity index (χ0) is 14.1. The lowest BCUT2D eigenvalue weighted by Gasteiger charge is -2.07. The molecule has 3 aromatic rings. The number of hydrogen-bond donors (Lipinski definition) is 2. The van der Waals surface area contributed by atoms with Gasteiger partial charge in [-0.15, -0.1) is 0 Å². The number of benzene rings is 1. The molecule has 0 aliphatic rings. The molecule has 2 N–H and O–H groups in total. The van der Waals surface area contributed by atoms with Crippen LogP contribution in [-0.2, 0) is 0 Å². The maximum atomic E-state index is 11.1. The molecular weight excluding hydrogens is 258 g/mol. The Morgan fingerprint density at radius 1 is 1.35 bits per heavy atom. The predicted octanol–water partition coefficient (Wildman–Crippen LogP) is 2.33. The van der Waals surface area contributed by atoms with Crippen LogP contribution in [0.15, 0.2) is 36.7 Å². The van der Waals surface area contributed by atoms with E-state index in [-0.39, 0.29) is 5.56 Å². The molecule has 0 aliphatic heterocycles. The number of para-hydroxylation sites is 1. The molecule has 0 unspecified atom stereocenters. The van der Waals surface area contributed by atoms with Crippen molar-refractivity contribution < 1.29 is 14.6 Å². The van der Waals surface area contributed by atoms with Gasteiger partial charge in [0.2, 0.25) is 0 Å². The number of nitrogens with zero attached hydrogens (tertiary/aromatic N) is 2. The van der Waals surface area contributed by atoms with Crippen LogP contribution in [0.4, 0.5) is 0 Å². The van der Waals surface area contributed by atoms with E-state index >= 15 is 0 Å². The molecule has 0 aliphatic carbocycles. The topological polar surface area (TPSA) is 88.1 Å². The standard InChI is InChI=1S/C14H11N3O3/c1-20-11-5-3-2-4-8(11)10-7-16-13-12(17-10)9(6-15-13)14(18)19/h2-7H,1H3,(H,15,16)(H,18,19). The lowest BCUT2D eigenvalue weighted by molar-refractivity contribution is 0.0699. The fourth-order valence-electron chi connectivity index (χ4n) is 2.04. The minimum Gasteiger partial charge on any atom is -0.496 e. The number of aromatic amines is 1. The summed E-state index contributed by atoms with van der Waals surface area (Å²) in [5, 5.41) is 9.12. The van der Waals surface area contributed by atoms with Crippen molar-refractivity contribution in [1.29, 1.82) is 0 Å². The van der Waals surface area contributed by atoms with E-state index in [4.69, 9.17) is 9.84 Å². The van der Waals surface area contributed by atoms with Crippen LogP contribution in [-0.4, -0.2) is 33.1 Å². The van der Waals surface area contributed by atoms with Crippen molar-refractivity contribution in [2.45, 2.75) is 0 Å². The molecule has 0 saturated heterocycles. The summed E-state index contributed by atoms with van der Waals surface area (Å²) in [6.45, 7) is 0. The van der Waals surface area contributed by atoms with Crippen LogP contribution < -0.4 is 4.74 Å². The Kier molecular flexibility index (Phi) is 2.83. The molecule has 6 nitrogen and oxygen atoms in total. The zero-order valence-corrected chi connectivity index (χ0v) is 10.6. The number of nitrogens with one attached hydrogen (secondary N) is 1. The molecule has 3 rings (SSSR count). The van der Waals surface area contributed by atoms with Gasteiger partial charge in [-0.3, -0.25) is 0 Å². The highest BCUT2D eigenvalue weighted by Crippen LogP contribution is 2.29. The van der Waals surface area contributed by atoms with Gasteiger partial charge in [0.25, 0.3) is 0 Å². The van der Waals surface area contributed by atoms with E-state index in [1.54, 1.807) is 13.3 Å². The highest BCUT2D eigenvalue weighted by Gasteiger charge is 2.15. The molecule has 0 spiro atoms. The van der Waals surface area contributed by atoms with Crippen LogP contribution in [0.25, 0.3) is 22.4 Å². The average Bonchev–Trinajstić information content (AvgIpc) is 2.90. The van der Waals surface area contributed by atoms with E-state index < -0.39 is 5.97 Å². The molecular formula is C14H11N3O3. The van der Waals surface area contributed by atoms with Crippen molar-refractivity contribution in [3.8, 4) is 17.0 Å². The van der Waals surface area contributed by atoms with Crippen molar-refractivity contribution in [2.24, 2.45) is 0 Å². The van der Waals surface area contributed by atoms with Crippen LogP contribution in [0, 0.1) is 0 Å². The first kappa shape index (κ1) is 12.2. The second-order valence-electron chi connectivity index (χ2n) is 4.16. The number of carboxylic acids is 1. The van der Waals surface area contributed by atoms with Crippen LogP contribution in [0.2, 0.25) is 0 Å². The number of methoxy groups -OCH3 is 1. The molecule has 0 saturated carbocycles. The lowest BCUT2D eigenvalue weighted by atomic mass is 10.1. The largest absolute Gasteiger partial charge is 0.496 e. The highest BCUT2D eigenvalue weighted by molar-refractivity contribution is 6.00. The number of carboxylic acid groups (broad SMARTS) is 1. The van der Waals surface area contributed by atoms with Gasteiger partial charge < -0.3 is 14.8 Å². The van der Waals surface area contributed by atoms with Gasteiger partial charge in [0.05, 0.1) is 19.0 Å². The van der Waals surface area contributed by atoms with Crippen molar-refractivity contribution in [3.63, 3.8) is 0 Å². The normalized spacial score (nSPS) is 10.7. The molecule has 20 heavy (non-hydrogen) atoms. The van der Waals surface area contributed by atoms with Crippen molar-refractivity contribution >= 4 is 17.1 Å². The van der Waals surface area contributed by atoms with Crippen molar-refractivity contribution in [3.05, 3.63) is 42.2 Å². The van der Waals surface area contributed by atoms with Gasteiger partial charge in [-0.05, 0) is 12.1 Å². The van der Waals surface area contributed by atoms with Crippen LogP contribution >= 0.6 is 0 Å². The molecule has 6 heteroatoms. The van der Waals surface area contributed by atoms with E-state index in [0.29, 0.717) is 22.6 Å². The fraction of sp³-hybridized carbons (Fsp3) is 0.0714. The molecule has 2 heterocycles. The molecule has 2 aromatic heterocycles. The van der Waals surface area contributed by atoms with E-state index in [1.807, 2.05) is 24.3 Å². The summed E-state index contributed by atoms with van der Waals surface area (Å²) in [5.74, 6) is -0.378. The number of H-pyrrole nitrogens is 1. The average molecular weight is 269 g/mol. The van der Waals surface area contributed by atoms with E-state index in [2.05, 4.69) is 15.0 Å². The Hall–Kier alpha value is -2.89.